The Morgan fingerprint density at radius 2 is 1.84 bits per heavy atom. The number of benzene rings is 2. The lowest BCUT2D eigenvalue weighted by atomic mass is 10.1. The van der Waals surface area contributed by atoms with Gasteiger partial charge in [-0.3, -0.25) is 9.59 Å². The van der Waals surface area contributed by atoms with Gasteiger partial charge in [-0.05, 0) is 55.8 Å². The number of piperidine rings is 1. The van der Waals surface area contributed by atoms with Crippen LogP contribution in [-0.4, -0.2) is 42.3 Å². The molecule has 1 aliphatic heterocycles. The molecule has 0 radical (unpaired) electrons. The van der Waals surface area contributed by atoms with Crippen molar-refractivity contribution in [3.63, 3.8) is 0 Å². The average molecular weight is 448 g/mol. The average Bonchev–Trinajstić information content (AvgIpc) is 3.23. The molecule has 32 heavy (non-hydrogen) atoms. The van der Waals surface area contributed by atoms with Crippen LogP contribution in [0.3, 0.4) is 0 Å². The Hall–Kier alpha value is -3.53. The number of aromatic amines is 1. The first-order valence-corrected chi connectivity index (χ1v) is 9.96. The van der Waals surface area contributed by atoms with Crippen LogP contribution in [0.5, 0.6) is 5.75 Å². The Bertz CT molecular complexity index is 1060. The number of carbonyl (C=O) groups excluding carboxylic acids is 2. The smallest absolute Gasteiger partial charge is 0.406 e. The van der Waals surface area contributed by atoms with Crippen molar-refractivity contribution in [2.24, 2.45) is 5.73 Å². The zero-order valence-electron chi connectivity index (χ0n) is 17.0. The molecule has 1 aliphatic rings. The van der Waals surface area contributed by atoms with Gasteiger partial charge in [-0.1, -0.05) is 12.1 Å². The summed E-state index contributed by atoms with van der Waals surface area (Å²) >= 11 is 0. The van der Waals surface area contributed by atoms with Gasteiger partial charge in [0.25, 0.3) is 11.8 Å². The summed E-state index contributed by atoms with van der Waals surface area (Å²) in [5, 5.41) is 7.01. The van der Waals surface area contributed by atoms with Gasteiger partial charge in [-0.15, -0.1) is 13.2 Å². The number of primary amides is 1. The highest BCUT2D eigenvalue weighted by molar-refractivity contribution is 6.04. The largest absolute Gasteiger partial charge is 0.573 e. The van der Waals surface area contributed by atoms with Crippen molar-refractivity contribution in [2.45, 2.75) is 25.2 Å². The number of amides is 2. The molecule has 2 amide bonds. The second kappa shape index (κ2) is 10.2. The lowest BCUT2D eigenvalue weighted by molar-refractivity contribution is -0.274. The van der Waals surface area contributed by atoms with Gasteiger partial charge in [0.2, 0.25) is 0 Å². The predicted molar refractivity (Wildman–Crippen MR) is 113 cm³/mol. The normalized spacial score (nSPS) is 16.0. The number of hydrogen-bond acceptors (Lipinski definition) is 4. The summed E-state index contributed by atoms with van der Waals surface area (Å²) in [6.45, 7) is 1.65. The van der Waals surface area contributed by atoms with E-state index in [0.29, 0.717) is 17.7 Å². The number of fused-ring (bicyclic) bond motifs is 1. The topological polar surface area (TPSA) is 109 Å². The SMILES string of the molecule is NC(=O)c1cccc2cc[nH]c12.O=C(NC1CCCNC1)c1ccc(OC(F)(F)F)cc1. The highest BCUT2D eigenvalue weighted by Gasteiger charge is 2.31. The molecule has 7 nitrogen and oxygen atoms in total. The van der Waals surface area contributed by atoms with E-state index < -0.39 is 12.3 Å². The molecule has 0 bridgehead atoms. The van der Waals surface area contributed by atoms with Crippen molar-refractivity contribution in [3.05, 3.63) is 65.9 Å². The van der Waals surface area contributed by atoms with Crippen molar-refractivity contribution in [3.8, 4) is 5.75 Å². The van der Waals surface area contributed by atoms with Crippen LogP contribution in [0, 0.1) is 0 Å². The molecule has 1 aromatic heterocycles. The third-order valence-corrected chi connectivity index (χ3v) is 4.83. The number of alkyl halides is 3. The van der Waals surface area contributed by atoms with E-state index in [0.717, 1.165) is 42.4 Å². The lowest BCUT2D eigenvalue weighted by Crippen LogP contribution is -2.45. The van der Waals surface area contributed by atoms with Crippen molar-refractivity contribution >= 4 is 22.7 Å². The molecule has 170 valence electrons. The fourth-order valence-corrected chi connectivity index (χ4v) is 3.34. The molecule has 1 saturated heterocycles. The summed E-state index contributed by atoms with van der Waals surface area (Å²) < 4.78 is 39.7. The molecule has 0 spiro atoms. The first-order valence-electron chi connectivity index (χ1n) is 9.96. The number of nitrogens with two attached hydrogens (primary N) is 1. The Labute approximate surface area is 182 Å². The molecular weight excluding hydrogens is 425 g/mol. The fraction of sp³-hybridized carbons (Fsp3) is 0.273. The van der Waals surface area contributed by atoms with E-state index in [1.807, 2.05) is 18.2 Å². The lowest BCUT2D eigenvalue weighted by Gasteiger charge is -2.23. The van der Waals surface area contributed by atoms with Gasteiger partial charge in [-0.2, -0.15) is 0 Å². The molecule has 3 aromatic rings. The van der Waals surface area contributed by atoms with Gasteiger partial charge in [0.05, 0.1) is 11.1 Å². The molecule has 1 atom stereocenters. The number of nitrogens with one attached hydrogen (secondary N) is 3. The zero-order chi connectivity index (χ0) is 23.1. The standard InChI is InChI=1S/C13H15F3N2O2.C9H8N2O/c14-13(15,16)20-11-5-3-9(4-6-11)12(19)18-10-2-1-7-17-8-10;10-9(12)7-3-1-2-6-4-5-11-8(6)7/h3-6,10,17H,1-2,7-8H2,(H,18,19);1-5,11H,(H2,10,12). The summed E-state index contributed by atoms with van der Waals surface area (Å²) in [6, 6.07) is 12.3. The maximum absolute atomic E-state index is 12.0. The van der Waals surface area contributed by atoms with Gasteiger partial charge in [0.1, 0.15) is 5.75 Å². The van der Waals surface area contributed by atoms with Crippen LogP contribution in [-0.2, 0) is 0 Å². The highest BCUT2D eigenvalue weighted by Crippen LogP contribution is 2.22. The van der Waals surface area contributed by atoms with E-state index >= 15 is 0 Å². The summed E-state index contributed by atoms with van der Waals surface area (Å²) in [6.07, 6.45) is -1.05. The van der Waals surface area contributed by atoms with E-state index in [1.165, 1.54) is 12.1 Å². The highest BCUT2D eigenvalue weighted by atomic mass is 19.4. The number of rotatable bonds is 4. The fourth-order valence-electron chi connectivity index (χ4n) is 3.34. The maximum atomic E-state index is 12.0. The van der Waals surface area contributed by atoms with E-state index in [1.54, 1.807) is 12.3 Å². The number of carbonyl (C=O) groups is 2. The molecule has 0 saturated carbocycles. The van der Waals surface area contributed by atoms with Crippen LogP contribution in [0.1, 0.15) is 33.6 Å². The van der Waals surface area contributed by atoms with Crippen LogP contribution in [0.4, 0.5) is 13.2 Å². The van der Waals surface area contributed by atoms with Gasteiger partial charge in [0.15, 0.2) is 0 Å². The van der Waals surface area contributed by atoms with Crippen molar-refractivity contribution < 1.29 is 27.5 Å². The van der Waals surface area contributed by atoms with Crippen molar-refractivity contribution in [1.82, 2.24) is 15.6 Å². The molecule has 10 heteroatoms. The van der Waals surface area contributed by atoms with Gasteiger partial charge in [-0.25, -0.2) is 0 Å². The summed E-state index contributed by atoms with van der Waals surface area (Å²) in [7, 11) is 0. The minimum absolute atomic E-state index is 0.0577. The Balaban J connectivity index is 0.000000204. The van der Waals surface area contributed by atoms with Gasteiger partial charge in [0, 0.05) is 29.7 Å². The molecule has 1 unspecified atom stereocenters. The predicted octanol–water partition coefficient (Wildman–Crippen LogP) is 3.33. The summed E-state index contributed by atoms with van der Waals surface area (Å²) in [5.74, 6) is -1.03. The van der Waals surface area contributed by atoms with Crippen molar-refractivity contribution in [1.29, 1.82) is 0 Å². The van der Waals surface area contributed by atoms with Crippen molar-refractivity contribution in [2.75, 3.05) is 13.1 Å². The van der Waals surface area contributed by atoms with Crippen LogP contribution >= 0.6 is 0 Å². The van der Waals surface area contributed by atoms with E-state index in [9.17, 15) is 22.8 Å². The van der Waals surface area contributed by atoms with Gasteiger partial charge >= 0.3 is 6.36 Å². The van der Waals surface area contributed by atoms with Gasteiger partial charge < -0.3 is 26.1 Å². The van der Waals surface area contributed by atoms with E-state index in [2.05, 4.69) is 20.4 Å². The Morgan fingerprint density at radius 1 is 1.09 bits per heavy atom. The number of halogens is 3. The molecule has 1 fully saturated rings. The number of ether oxygens (including phenoxy) is 1. The summed E-state index contributed by atoms with van der Waals surface area (Å²) in [5.41, 5.74) is 6.84. The monoisotopic (exact) mass is 448 g/mol. The van der Waals surface area contributed by atoms with Crippen LogP contribution < -0.4 is 21.1 Å². The second-order valence-corrected chi connectivity index (χ2v) is 7.20. The molecule has 4 rings (SSSR count). The molecule has 2 aromatic carbocycles. The minimum atomic E-state index is -4.72. The first kappa shape index (κ1) is 23.1. The summed E-state index contributed by atoms with van der Waals surface area (Å²) in [4.78, 5) is 25.8. The molecular formula is C22H23F3N4O3. The number of hydrogen-bond donors (Lipinski definition) is 4. The molecule has 2 heterocycles. The quantitative estimate of drug-likeness (QED) is 0.491. The van der Waals surface area contributed by atoms with E-state index in [-0.39, 0.29) is 17.7 Å². The minimum Gasteiger partial charge on any atom is -0.406 e. The van der Waals surface area contributed by atoms with Crippen LogP contribution in [0.2, 0.25) is 0 Å². The van der Waals surface area contributed by atoms with Crippen LogP contribution in [0.25, 0.3) is 10.9 Å². The van der Waals surface area contributed by atoms with Crippen LogP contribution in [0.15, 0.2) is 54.7 Å². The van der Waals surface area contributed by atoms with E-state index in [4.69, 9.17) is 5.73 Å². The molecule has 0 aliphatic carbocycles. The zero-order valence-corrected chi connectivity index (χ0v) is 17.0. The third-order valence-electron chi connectivity index (χ3n) is 4.83. The Morgan fingerprint density at radius 3 is 2.47 bits per heavy atom. The number of aromatic nitrogens is 1. The Kier molecular flexibility index (Phi) is 7.37. The third kappa shape index (κ3) is 6.48. The number of H-pyrrole nitrogens is 1. The first-order chi connectivity index (χ1) is 15.2. The maximum Gasteiger partial charge on any atom is 0.573 e. The molecule has 5 N–H and O–H groups in total. The second-order valence-electron chi connectivity index (χ2n) is 7.20. The number of para-hydroxylation sites is 1.